The van der Waals surface area contributed by atoms with E-state index in [2.05, 4.69) is 37.2 Å². The van der Waals surface area contributed by atoms with E-state index < -0.39 is 0 Å². The van der Waals surface area contributed by atoms with Crippen LogP contribution in [0, 0.1) is 6.92 Å². The van der Waals surface area contributed by atoms with Crippen molar-refractivity contribution in [3.8, 4) is 0 Å². The van der Waals surface area contributed by atoms with Crippen molar-refractivity contribution in [2.24, 2.45) is 0 Å². The van der Waals surface area contributed by atoms with Gasteiger partial charge in [0.25, 0.3) is 0 Å². The molecule has 7 heteroatoms. The minimum absolute atomic E-state index is 0.0328. The van der Waals surface area contributed by atoms with Crippen molar-refractivity contribution in [3.05, 3.63) is 64.6 Å². The molecular formula is C18H21N5OS. The van der Waals surface area contributed by atoms with Gasteiger partial charge in [0, 0.05) is 19.2 Å². The zero-order valence-electron chi connectivity index (χ0n) is 14.1. The molecule has 0 aliphatic carbocycles. The van der Waals surface area contributed by atoms with E-state index in [0.717, 1.165) is 24.1 Å². The number of pyridine rings is 1. The predicted octanol–water partition coefficient (Wildman–Crippen LogP) is 2.92. The number of carbonyl (C=O) groups excluding carboxylic acids is 1. The Morgan fingerprint density at radius 2 is 2.32 bits per heavy atom. The number of nitrogens with zero attached hydrogens (tertiary/aromatic N) is 4. The Balaban J connectivity index is 1.62. The molecule has 3 heterocycles. The zero-order valence-corrected chi connectivity index (χ0v) is 14.9. The molecule has 0 unspecified atom stereocenters. The number of aromatic nitrogens is 4. The normalized spacial score (nSPS) is 12.0. The number of carbonyl (C=O) groups is 1. The molecule has 6 nitrogen and oxygen atoms in total. The lowest BCUT2D eigenvalue weighted by Gasteiger charge is -2.19. The highest BCUT2D eigenvalue weighted by Gasteiger charge is 2.18. The van der Waals surface area contributed by atoms with E-state index in [-0.39, 0.29) is 11.9 Å². The first-order valence-electron chi connectivity index (χ1n) is 8.27. The molecule has 0 fully saturated rings. The molecule has 1 amide bonds. The summed E-state index contributed by atoms with van der Waals surface area (Å²) in [6.07, 6.45) is 6.86. The molecule has 0 spiro atoms. The van der Waals surface area contributed by atoms with Gasteiger partial charge in [-0.1, -0.05) is 6.07 Å². The van der Waals surface area contributed by atoms with Crippen LogP contribution in [-0.2, 0) is 17.8 Å². The molecule has 0 saturated heterocycles. The fourth-order valence-electron chi connectivity index (χ4n) is 2.74. The summed E-state index contributed by atoms with van der Waals surface area (Å²) in [5, 5.41) is 11.4. The van der Waals surface area contributed by atoms with Crippen LogP contribution in [0.15, 0.2) is 47.8 Å². The number of thiophene rings is 1. The maximum Gasteiger partial charge on any atom is 0.220 e. The van der Waals surface area contributed by atoms with Gasteiger partial charge in [0.15, 0.2) is 0 Å². The number of hydrogen-bond acceptors (Lipinski definition) is 5. The van der Waals surface area contributed by atoms with Crippen molar-refractivity contribution >= 4 is 17.2 Å². The summed E-state index contributed by atoms with van der Waals surface area (Å²) >= 11 is 1.66. The van der Waals surface area contributed by atoms with Gasteiger partial charge in [0.05, 0.1) is 11.7 Å². The predicted molar refractivity (Wildman–Crippen MR) is 97.1 cm³/mol. The van der Waals surface area contributed by atoms with Crippen LogP contribution < -0.4 is 5.32 Å². The van der Waals surface area contributed by atoms with Crippen LogP contribution in [-0.4, -0.2) is 25.7 Å². The lowest BCUT2D eigenvalue weighted by molar-refractivity contribution is -0.122. The number of aryl methyl sites for hydroxylation is 2. The molecule has 3 aromatic rings. The third-order valence-electron chi connectivity index (χ3n) is 3.99. The van der Waals surface area contributed by atoms with Crippen LogP contribution in [0.2, 0.25) is 0 Å². The molecular weight excluding hydrogens is 334 g/mol. The third-order valence-corrected chi connectivity index (χ3v) is 4.72. The van der Waals surface area contributed by atoms with Gasteiger partial charge in [-0.3, -0.25) is 14.5 Å². The van der Waals surface area contributed by atoms with Crippen LogP contribution in [0.3, 0.4) is 0 Å². The van der Waals surface area contributed by atoms with Gasteiger partial charge >= 0.3 is 0 Å². The van der Waals surface area contributed by atoms with Crippen LogP contribution in [0.5, 0.6) is 0 Å². The standard InChI is InChI=1S/C18H21N5OS/c1-14-4-2-7-20-18(14)16(10-15-6-9-25-11-15)22-17(24)5-3-8-23-13-19-12-21-23/h2,4,6-7,9,11-13,16H,3,5,8,10H2,1H3,(H,22,24)/t16-/m1/s1. The first kappa shape index (κ1) is 17.3. The van der Waals surface area contributed by atoms with Gasteiger partial charge in [-0.15, -0.1) is 0 Å². The van der Waals surface area contributed by atoms with Crippen molar-refractivity contribution in [2.45, 2.75) is 38.8 Å². The molecule has 25 heavy (non-hydrogen) atoms. The average molecular weight is 355 g/mol. The lowest BCUT2D eigenvalue weighted by Crippen LogP contribution is -2.31. The summed E-state index contributed by atoms with van der Waals surface area (Å²) in [7, 11) is 0. The zero-order chi connectivity index (χ0) is 17.5. The number of hydrogen-bond donors (Lipinski definition) is 1. The van der Waals surface area contributed by atoms with Crippen LogP contribution in [0.4, 0.5) is 0 Å². The van der Waals surface area contributed by atoms with Gasteiger partial charge in [-0.2, -0.15) is 16.4 Å². The van der Waals surface area contributed by atoms with Gasteiger partial charge in [0.2, 0.25) is 5.91 Å². The van der Waals surface area contributed by atoms with Crippen LogP contribution in [0.25, 0.3) is 0 Å². The summed E-state index contributed by atoms with van der Waals surface area (Å²) in [5.41, 5.74) is 3.23. The van der Waals surface area contributed by atoms with E-state index in [1.807, 2.05) is 19.1 Å². The van der Waals surface area contributed by atoms with Crippen LogP contribution >= 0.6 is 11.3 Å². The molecule has 0 saturated carbocycles. The smallest absolute Gasteiger partial charge is 0.220 e. The number of nitrogens with one attached hydrogen (secondary N) is 1. The summed E-state index contributed by atoms with van der Waals surface area (Å²) in [5.74, 6) is 0.0328. The second-order valence-corrected chi connectivity index (χ2v) is 6.70. The molecule has 0 radical (unpaired) electrons. The van der Waals surface area contributed by atoms with Gasteiger partial charge in [-0.25, -0.2) is 4.98 Å². The Labute approximate surface area is 150 Å². The first-order chi connectivity index (χ1) is 12.2. The maximum atomic E-state index is 12.4. The quantitative estimate of drug-likeness (QED) is 0.674. The van der Waals surface area contributed by atoms with Gasteiger partial charge in [0.1, 0.15) is 12.7 Å². The average Bonchev–Trinajstić information content (AvgIpc) is 3.28. The van der Waals surface area contributed by atoms with E-state index in [1.54, 1.807) is 28.5 Å². The Bertz CT molecular complexity index is 786. The second kappa shape index (κ2) is 8.53. The largest absolute Gasteiger partial charge is 0.347 e. The topological polar surface area (TPSA) is 72.7 Å². The fourth-order valence-corrected chi connectivity index (χ4v) is 3.42. The van der Waals surface area contributed by atoms with E-state index >= 15 is 0 Å². The van der Waals surface area contributed by atoms with E-state index in [1.165, 1.54) is 11.9 Å². The Morgan fingerprint density at radius 3 is 3.04 bits per heavy atom. The molecule has 1 atom stereocenters. The van der Waals surface area contributed by atoms with E-state index in [9.17, 15) is 4.79 Å². The van der Waals surface area contributed by atoms with Crippen molar-refractivity contribution in [1.29, 1.82) is 0 Å². The SMILES string of the molecule is Cc1cccnc1[C@@H](Cc1ccsc1)NC(=O)CCCn1cncn1. The fraction of sp³-hybridized carbons (Fsp3) is 0.333. The summed E-state index contributed by atoms with van der Waals surface area (Å²) in [6.45, 7) is 2.71. The third kappa shape index (κ3) is 4.96. The molecule has 0 bridgehead atoms. The van der Waals surface area contributed by atoms with E-state index in [4.69, 9.17) is 0 Å². The van der Waals surface area contributed by atoms with Gasteiger partial charge in [-0.05, 0) is 53.8 Å². The van der Waals surface area contributed by atoms with Crippen molar-refractivity contribution in [3.63, 3.8) is 0 Å². The molecule has 3 rings (SSSR count). The molecule has 0 aliphatic heterocycles. The second-order valence-electron chi connectivity index (χ2n) is 5.92. The summed E-state index contributed by atoms with van der Waals surface area (Å²) < 4.78 is 1.74. The Morgan fingerprint density at radius 1 is 1.40 bits per heavy atom. The Kier molecular flexibility index (Phi) is 5.90. The van der Waals surface area contributed by atoms with Crippen LogP contribution in [0.1, 0.15) is 35.7 Å². The molecule has 1 N–H and O–H groups in total. The minimum Gasteiger partial charge on any atom is -0.347 e. The highest BCUT2D eigenvalue weighted by molar-refractivity contribution is 7.07. The van der Waals surface area contributed by atoms with E-state index in [0.29, 0.717) is 13.0 Å². The highest BCUT2D eigenvalue weighted by Crippen LogP contribution is 2.21. The summed E-state index contributed by atoms with van der Waals surface area (Å²) in [4.78, 5) is 20.8. The van der Waals surface area contributed by atoms with Crippen molar-refractivity contribution in [2.75, 3.05) is 0 Å². The monoisotopic (exact) mass is 355 g/mol. The first-order valence-corrected chi connectivity index (χ1v) is 9.21. The molecule has 0 aliphatic rings. The summed E-state index contributed by atoms with van der Waals surface area (Å²) in [6, 6.07) is 5.92. The molecule has 0 aromatic carbocycles. The number of rotatable bonds is 8. The molecule has 3 aromatic heterocycles. The van der Waals surface area contributed by atoms with Crippen molar-refractivity contribution < 1.29 is 4.79 Å². The molecule has 130 valence electrons. The number of amides is 1. The maximum absolute atomic E-state index is 12.4. The van der Waals surface area contributed by atoms with Crippen molar-refractivity contribution in [1.82, 2.24) is 25.1 Å². The lowest BCUT2D eigenvalue weighted by atomic mass is 10.0. The minimum atomic E-state index is -0.116. The highest BCUT2D eigenvalue weighted by atomic mass is 32.1. The Hall–Kier alpha value is -2.54. The van der Waals surface area contributed by atoms with Gasteiger partial charge < -0.3 is 5.32 Å².